The molecule has 4 heteroatoms. The molecule has 0 bridgehead atoms. The van der Waals surface area contributed by atoms with Crippen molar-refractivity contribution in [2.45, 2.75) is 58.3 Å². The summed E-state index contributed by atoms with van der Waals surface area (Å²) in [6.45, 7) is 2.14. The van der Waals surface area contributed by atoms with Crippen molar-refractivity contribution >= 4 is 5.91 Å². The predicted molar refractivity (Wildman–Crippen MR) is 112 cm³/mol. The van der Waals surface area contributed by atoms with E-state index >= 15 is 0 Å². The Balaban J connectivity index is 3.58. The molecule has 0 aromatic rings. The van der Waals surface area contributed by atoms with Gasteiger partial charge < -0.3 is 0 Å². The summed E-state index contributed by atoms with van der Waals surface area (Å²) >= 11 is 0. The quantitative estimate of drug-likeness (QED) is 0.140. The van der Waals surface area contributed by atoms with E-state index in [2.05, 4.69) is 77.7 Å². The fourth-order valence-corrected chi connectivity index (χ4v) is 1.95. The minimum Gasteiger partial charge on any atom is -0.293 e. The lowest BCUT2D eigenvalue weighted by molar-refractivity contribution is -0.117. The van der Waals surface area contributed by atoms with Crippen molar-refractivity contribution < 1.29 is 4.79 Å². The van der Waals surface area contributed by atoms with E-state index in [9.17, 15) is 4.79 Å². The maximum absolute atomic E-state index is 10.9. The number of nitrogens with zero attached hydrogens (tertiary/aromatic N) is 3. The molecule has 0 radical (unpaired) electrons. The van der Waals surface area contributed by atoms with Gasteiger partial charge in [-0.1, -0.05) is 79.8 Å². The van der Waals surface area contributed by atoms with Crippen LogP contribution in [0.1, 0.15) is 58.3 Å². The number of carbonyl (C=O) groups is 1. The van der Waals surface area contributed by atoms with Gasteiger partial charge in [0.1, 0.15) is 0 Å². The van der Waals surface area contributed by atoms with E-state index in [1.165, 1.54) is 0 Å². The summed E-state index contributed by atoms with van der Waals surface area (Å²) in [6.07, 6.45) is 32.4. The van der Waals surface area contributed by atoms with Gasteiger partial charge in [0.25, 0.3) is 0 Å². The number of hydrogen-bond acceptors (Lipinski definition) is 1. The normalized spacial score (nSPS) is 12.5. The molecule has 0 aliphatic rings. The maximum atomic E-state index is 10.9. The molecule has 1 amide bonds. The largest absolute Gasteiger partial charge is 0.293 e. The Hall–Kier alpha value is -2.58. The van der Waals surface area contributed by atoms with Gasteiger partial charge in [0.05, 0.1) is 0 Å². The molecule has 0 rings (SSSR count). The molecule has 26 heavy (non-hydrogen) atoms. The SMILES string of the molecule is CC/C=C\C/C=C\C/C=C\C/C=C\C/C=C\C/C=C\CCC(=O)N=[N+]=[N-]. The third-order valence-electron chi connectivity index (χ3n) is 3.28. The van der Waals surface area contributed by atoms with Gasteiger partial charge in [-0.3, -0.25) is 4.79 Å². The van der Waals surface area contributed by atoms with Crippen LogP contribution in [0.15, 0.2) is 78.0 Å². The molecule has 0 spiro atoms. The van der Waals surface area contributed by atoms with Crippen LogP contribution in [0.5, 0.6) is 0 Å². The first kappa shape index (κ1) is 23.4. The zero-order valence-corrected chi connectivity index (χ0v) is 15.8. The van der Waals surface area contributed by atoms with E-state index in [-0.39, 0.29) is 6.42 Å². The molecule has 0 saturated carbocycles. The number of allylic oxidation sites excluding steroid dienone is 12. The minimum atomic E-state index is -0.410. The fraction of sp³-hybridized carbons (Fsp3) is 0.409. The lowest BCUT2D eigenvalue weighted by Crippen LogP contribution is -1.88. The first-order valence-corrected chi connectivity index (χ1v) is 9.29. The highest BCUT2D eigenvalue weighted by Crippen LogP contribution is 1.98. The second kappa shape index (κ2) is 20.5. The first-order valence-electron chi connectivity index (χ1n) is 9.29. The van der Waals surface area contributed by atoms with E-state index < -0.39 is 5.91 Å². The molecule has 0 unspecified atom stereocenters. The molecule has 0 fully saturated rings. The van der Waals surface area contributed by atoms with Crippen molar-refractivity contribution in [2.24, 2.45) is 5.11 Å². The number of hydrogen-bond donors (Lipinski definition) is 0. The smallest absolute Gasteiger partial charge is 0.219 e. The molecule has 0 aromatic carbocycles. The third-order valence-corrected chi connectivity index (χ3v) is 3.28. The van der Waals surface area contributed by atoms with Crippen LogP contribution in [-0.2, 0) is 4.79 Å². The Morgan fingerprint density at radius 1 is 0.731 bits per heavy atom. The highest BCUT2D eigenvalue weighted by Gasteiger charge is 1.93. The van der Waals surface area contributed by atoms with Crippen molar-refractivity contribution in [1.29, 1.82) is 0 Å². The monoisotopic (exact) mass is 353 g/mol. The summed E-state index contributed by atoms with van der Waals surface area (Å²) in [4.78, 5) is 13.4. The molecular formula is C22H31N3O. The van der Waals surface area contributed by atoms with E-state index in [1.54, 1.807) is 0 Å². The predicted octanol–water partition coefficient (Wildman–Crippen LogP) is 7.30. The minimum absolute atomic E-state index is 0.270. The lowest BCUT2D eigenvalue weighted by atomic mass is 10.2. The van der Waals surface area contributed by atoms with Gasteiger partial charge in [-0.2, -0.15) is 0 Å². The molecule has 0 aliphatic carbocycles. The average Bonchev–Trinajstić information content (AvgIpc) is 2.64. The zero-order chi connectivity index (χ0) is 19.1. The van der Waals surface area contributed by atoms with Crippen LogP contribution in [0.3, 0.4) is 0 Å². The maximum Gasteiger partial charge on any atom is 0.219 e. The summed E-state index contributed by atoms with van der Waals surface area (Å²) in [5.74, 6) is -0.410. The average molecular weight is 354 g/mol. The summed E-state index contributed by atoms with van der Waals surface area (Å²) < 4.78 is 0. The van der Waals surface area contributed by atoms with Gasteiger partial charge in [-0.05, 0) is 55.6 Å². The third kappa shape index (κ3) is 19.5. The second-order valence-corrected chi connectivity index (χ2v) is 5.54. The molecule has 4 nitrogen and oxygen atoms in total. The summed E-state index contributed by atoms with van der Waals surface area (Å²) in [6, 6.07) is 0. The van der Waals surface area contributed by atoms with Crippen molar-refractivity contribution in [1.82, 2.24) is 0 Å². The van der Waals surface area contributed by atoms with Crippen LogP contribution in [0, 0.1) is 0 Å². The highest BCUT2D eigenvalue weighted by atomic mass is 16.1. The van der Waals surface area contributed by atoms with Gasteiger partial charge >= 0.3 is 0 Å². The van der Waals surface area contributed by atoms with E-state index in [4.69, 9.17) is 5.53 Å². The topological polar surface area (TPSA) is 65.8 Å². The number of rotatable bonds is 14. The zero-order valence-electron chi connectivity index (χ0n) is 15.8. The summed E-state index contributed by atoms with van der Waals surface area (Å²) in [5, 5.41) is 3.02. The Labute approximate surface area is 158 Å². The number of azide groups is 1. The molecule has 0 heterocycles. The van der Waals surface area contributed by atoms with E-state index in [0.717, 1.165) is 38.5 Å². The molecule has 0 aromatic heterocycles. The van der Waals surface area contributed by atoms with Crippen LogP contribution in [-0.4, -0.2) is 5.91 Å². The van der Waals surface area contributed by atoms with Gasteiger partial charge in [-0.15, -0.1) is 0 Å². The van der Waals surface area contributed by atoms with Gasteiger partial charge in [0, 0.05) is 11.3 Å². The first-order chi connectivity index (χ1) is 12.8. The molecule has 0 atom stereocenters. The fourth-order valence-electron chi connectivity index (χ4n) is 1.95. The van der Waals surface area contributed by atoms with Gasteiger partial charge in [-0.25, -0.2) is 0 Å². The van der Waals surface area contributed by atoms with Gasteiger partial charge in [0.2, 0.25) is 5.91 Å². The second-order valence-electron chi connectivity index (χ2n) is 5.54. The Morgan fingerprint density at radius 2 is 1.12 bits per heavy atom. The van der Waals surface area contributed by atoms with Crippen LogP contribution >= 0.6 is 0 Å². The molecule has 0 N–H and O–H groups in total. The van der Waals surface area contributed by atoms with Crippen molar-refractivity contribution in [3.8, 4) is 0 Å². The highest BCUT2D eigenvalue weighted by molar-refractivity contribution is 5.76. The van der Waals surface area contributed by atoms with Crippen molar-refractivity contribution in [2.75, 3.05) is 0 Å². The van der Waals surface area contributed by atoms with Crippen LogP contribution < -0.4 is 0 Å². The molecule has 0 aliphatic heterocycles. The Morgan fingerprint density at radius 3 is 1.50 bits per heavy atom. The van der Waals surface area contributed by atoms with Crippen molar-refractivity contribution in [3.63, 3.8) is 0 Å². The van der Waals surface area contributed by atoms with Crippen LogP contribution in [0.2, 0.25) is 0 Å². The molecule has 140 valence electrons. The van der Waals surface area contributed by atoms with Crippen LogP contribution in [0.25, 0.3) is 10.4 Å². The van der Waals surface area contributed by atoms with E-state index in [0.29, 0.717) is 6.42 Å². The van der Waals surface area contributed by atoms with Gasteiger partial charge in [0.15, 0.2) is 0 Å². The molecule has 0 saturated heterocycles. The Bertz CT molecular complexity index is 574. The Kier molecular flexibility index (Phi) is 18.4. The van der Waals surface area contributed by atoms with Crippen LogP contribution in [0.4, 0.5) is 0 Å². The standard InChI is InChI=1S/C22H31N3O/c1-2-3-4-5-6-7-8-9-10-11-12-13-14-15-16-17-18-19-20-21-22(26)24-25-23/h3-4,6-7,9-10,12-13,15-16,18-19H,2,5,8,11,14,17,20-21H2,1H3/b4-3-,7-6-,10-9-,13-12-,16-15-,19-18-. The lowest BCUT2D eigenvalue weighted by Gasteiger charge is -1.88. The van der Waals surface area contributed by atoms with Crippen molar-refractivity contribution in [3.05, 3.63) is 83.4 Å². The molecular weight excluding hydrogens is 322 g/mol. The number of amides is 1. The van der Waals surface area contributed by atoms with E-state index in [1.807, 2.05) is 12.2 Å². The summed E-state index contributed by atoms with van der Waals surface area (Å²) in [5.41, 5.74) is 8.09. The summed E-state index contributed by atoms with van der Waals surface area (Å²) in [7, 11) is 0. The number of carbonyl (C=O) groups excluding carboxylic acids is 1.